The Bertz CT molecular complexity index is 780. The number of carbonyl (C=O) groups excluding carboxylic acids is 3. The first-order valence-corrected chi connectivity index (χ1v) is 10.2. The molecule has 142 valence electrons. The zero-order chi connectivity index (χ0) is 19.3. The molecule has 1 unspecified atom stereocenters. The monoisotopic (exact) mass is 380 g/mol. The van der Waals surface area contributed by atoms with Crippen LogP contribution in [0.5, 0.6) is 0 Å². The third-order valence-corrected chi connectivity index (χ3v) is 5.90. The van der Waals surface area contributed by atoms with Gasteiger partial charge in [-0.25, -0.2) is 13.1 Å². The maximum absolute atomic E-state index is 12.3. The Morgan fingerprint density at radius 2 is 1.62 bits per heavy atom. The van der Waals surface area contributed by atoms with Crippen molar-refractivity contribution >= 4 is 27.6 Å². The number of carbonyl (C=O) groups is 3. The molecule has 0 heterocycles. The van der Waals surface area contributed by atoms with Crippen LogP contribution in [-0.2, 0) is 19.6 Å². The number of rotatable bonds is 6. The van der Waals surface area contributed by atoms with Gasteiger partial charge in [0.25, 0.3) is 15.9 Å². The third-order valence-electron chi connectivity index (χ3n) is 4.53. The minimum absolute atomic E-state index is 0.116. The van der Waals surface area contributed by atoms with Crippen molar-refractivity contribution in [3.05, 3.63) is 29.8 Å². The maximum atomic E-state index is 12.3. The molecule has 0 saturated heterocycles. The van der Waals surface area contributed by atoms with E-state index in [1.807, 2.05) is 4.72 Å². The minimum Gasteiger partial charge on any atom is -0.344 e. The van der Waals surface area contributed by atoms with Crippen molar-refractivity contribution < 1.29 is 22.8 Å². The highest BCUT2D eigenvalue weighted by molar-refractivity contribution is 7.90. The van der Waals surface area contributed by atoms with Gasteiger partial charge in [0, 0.05) is 11.5 Å². The molecule has 1 atom stereocenters. The number of nitrogens with one attached hydrogen (secondary N) is 2. The van der Waals surface area contributed by atoms with Crippen LogP contribution < -0.4 is 10.0 Å². The summed E-state index contributed by atoms with van der Waals surface area (Å²) < 4.78 is 26.5. The van der Waals surface area contributed by atoms with Gasteiger partial charge in [0.15, 0.2) is 5.78 Å². The van der Waals surface area contributed by atoms with Crippen molar-refractivity contribution in [3.8, 4) is 0 Å². The molecule has 2 amide bonds. The van der Waals surface area contributed by atoms with Gasteiger partial charge in [-0.05, 0) is 38.8 Å². The lowest BCUT2D eigenvalue weighted by atomic mass is 9.88. The molecule has 1 saturated carbocycles. The van der Waals surface area contributed by atoms with Gasteiger partial charge in [-0.3, -0.25) is 14.4 Å². The third kappa shape index (κ3) is 5.14. The largest absolute Gasteiger partial charge is 0.344 e. The molecule has 7 nitrogen and oxygen atoms in total. The van der Waals surface area contributed by atoms with Gasteiger partial charge in [-0.1, -0.05) is 31.4 Å². The molecule has 0 aromatic heterocycles. The number of sulfonamides is 1. The van der Waals surface area contributed by atoms with Crippen LogP contribution in [0.3, 0.4) is 0 Å². The molecule has 0 spiro atoms. The molecule has 0 aliphatic heterocycles. The molecule has 0 radical (unpaired) electrons. The predicted octanol–water partition coefficient (Wildman–Crippen LogP) is 1.78. The summed E-state index contributed by atoms with van der Waals surface area (Å²) in [4.78, 5) is 35.5. The standard InChI is InChI=1S/C18H24N2O5S/c1-12(19-18(23)15-6-4-3-5-7-15)17(22)20-26(24,25)16-10-8-14(9-11-16)13(2)21/h8-12,15H,3-7H2,1-2H3,(H,19,23)(H,20,22). The Kier molecular flexibility index (Phi) is 6.52. The average Bonchev–Trinajstić information content (AvgIpc) is 2.62. The number of benzene rings is 1. The van der Waals surface area contributed by atoms with E-state index in [1.165, 1.54) is 38.1 Å². The van der Waals surface area contributed by atoms with Crippen LogP contribution in [-0.4, -0.2) is 32.1 Å². The van der Waals surface area contributed by atoms with Crippen molar-refractivity contribution in [1.29, 1.82) is 0 Å². The first kappa shape index (κ1) is 20.1. The number of hydrogen-bond acceptors (Lipinski definition) is 5. The number of Topliss-reactive ketones (excluding diaryl/α,β-unsaturated/α-hetero) is 1. The molecule has 0 bridgehead atoms. The SMILES string of the molecule is CC(=O)c1ccc(S(=O)(=O)NC(=O)C(C)NC(=O)C2CCCCC2)cc1. The van der Waals surface area contributed by atoms with Crippen LogP contribution in [0.25, 0.3) is 0 Å². The molecule has 1 aromatic rings. The van der Waals surface area contributed by atoms with Crippen LogP contribution >= 0.6 is 0 Å². The Labute approximate surface area is 153 Å². The fourth-order valence-corrected chi connectivity index (χ4v) is 3.96. The Morgan fingerprint density at radius 3 is 2.15 bits per heavy atom. The highest BCUT2D eigenvalue weighted by Crippen LogP contribution is 2.23. The van der Waals surface area contributed by atoms with Gasteiger partial charge in [0.05, 0.1) is 4.90 Å². The van der Waals surface area contributed by atoms with Crippen molar-refractivity contribution in [2.24, 2.45) is 5.92 Å². The number of hydrogen-bond donors (Lipinski definition) is 2. The maximum Gasteiger partial charge on any atom is 0.264 e. The summed E-state index contributed by atoms with van der Waals surface area (Å²) >= 11 is 0. The Morgan fingerprint density at radius 1 is 1.04 bits per heavy atom. The molecule has 8 heteroatoms. The average molecular weight is 380 g/mol. The van der Waals surface area contributed by atoms with Crippen LogP contribution in [0.15, 0.2) is 29.2 Å². The summed E-state index contributed by atoms with van der Waals surface area (Å²) in [5, 5.41) is 2.59. The summed E-state index contributed by atoms with van der Waals surface area (Å²) in [5.74, 6) is -1.31. The summed E-state index contributed by atoms with van der Waals surface area (Å²) in [6.45, 7) is 2.83. The van der Waals surface area contributed by atoms with E-state index in [4.69, 9.17) is 0 Å². The van der Waals surface area contributed by atoms with Gasteiger partial charge in [-0.2, -0.15) is 0 Å². The molecule has 1 aliphatic rings. The van der Waals surface area contributed by atoms with E-state index in [2.05, 4.69) is 5.32 Å². The van der Waals surface area contributed by atoms with Crippen LogP contribution in [0, 0.1) is 5.92 Å². The van der Waals surface area contributed by atoms with Gasteiger partial charge in [-0.15, -0.1) is 0 Å². The molecular formula is C18H24N2O5S. The summed E-state index contributed by atoms with van der Waals surface area (Å²) in [6.07, 6.45) is 4.68. The predicted molar refractivity (Wildman–Crippen MR) is 96.0 cm³/mol. The van der Waals surface area contributed by atoms with Crippen LogP contribution in [0.1, 0.15) is 56.3 Å². The van der Waals surface area contributed by atoms with Gasteiger partial charge >= 0.3 is 0 Å². The molecule has 2 N–H and O–H groups in total. The smallest absolute Gasteiger partial charge is 0.264 e. The highest BCUT2D eigenvalue weighted by atomic mass is 32.2. The zero-order valence-corrected chi connectivity index (χ0v) is 15.8. The number of ketones is 1. The fraction of sp³-hybridized carbons (Fsp3) is 0.500. The first-order valence-electron chi connectivity index (χ1n) is 8.69. The number of amides is 2. The second-order valence-electron chi connectivity index (χ2n) is 6.62. The van der Waals surface area contributed by atoms with Gasteiger partial charge < -0.3 is 5.32 Å². The lowest BCUT2D eigenvalue weighted by molar-refractivity contribution is -0.130. The van der Waals surface area contributed by atoms with Crippen molar-refractivity contribution in [1.82, 2.24) is 10.0 Å². The van der Waals surface area contributed by atoms with Crippen molar-refractivity contribution in [3.63, 3.8) is 0 Å². The zero-order valence-electron chi connectivity index (χ0n) is 14.9. The van der Waals surface area contributed by atoms with E-state index >= 15 is 0 Å². The Hall–Kier alpha value is -2.22. The summed E-state index contributed by atoms with van der Waals surface area (Å²) in [6, 6.07) is 4.33. The molecule has 1 aliphatic carbocycles. The lowest BCUT2D eigenvalue weighted by Crippen LogP contribution is -2.48. The van der Waals surface area contributed by atoms with Crippen molar-refractivity contribution in [2.75, 3.05) is 0 Å². The molecular weight excluding hydrogens is 356 g/mol. The van der Waals surface area contributed by atoms with Crippen molar-refractivity contribution in [2.45, 2.75) is 56.9 Å². The van der Waals surface area contributed by atoms with E-state index < -0.39 is 22.0 Å². The van der Waals surface area contributed by atoms with E-state index in [-0.39, 0.29) is 22.5 Å². The molecule has 2 rings (SSSR count). The quantitative estimate of drug-likeness (QED) is 0.731. The summed E-state index contributed by atoms with van der Waals surface area (Å²) in [7, 11) is -4.07. The highest BCUT2D eigenvalue weighted by Gasteiger charge is 2.26. The van der Waals surface area contributed by atoms with Crippen LogP contribution in [0.4, 0.5) is 0 Å². The lowest BCUT2D eigenvalue weighted by Gasteiger charge is -2.22. The van der Waals surface area contributed by atoms with E-state index in [0.29, 0.717) is 5.56 Å². The van der Waals surface area contributed by atoms with Gasteiger partial charge in [0.1, 0.15) is 6.04 Å². The molecule has 1 aromatic carbocycles. The second-order valence-corrected chi connectivity index (χ2v) is 8.30. The fourth-order valence-electron chi connectivity index (χ4n) is 2.91. The second kappa shape index (κ2) is 8.44. The minimum atomic E-state index is -4.07. The van der Waals surface area contributed by atoms with Gasteiger partial charge in [0.2, 0.25) is 5.91 Å². The first-order chi connectivity index (χ1) is 12.2. The van der Waals surface area contributed by atoms with E-state index in [0.717, 1.165) is 32.1 Å². The van der Waals surface area contributed by atoms with Crippen LogP contribution in [0.2, 0.25) is 0 Å². The van der Waals surface area contributed by atoms with E-state index in [9.17, 15) is 22.8 Å². The normalized spacial score (nSPS) is 16.5. The molecule has 1 fully saturated rings. The van der Waals surface area contributed by atoms with E-state index in [1.54, 1.807) is 0 Å². The summed E-state index contributed by atoms with van der Waals surface area (Å²) in [5.41, 5.74) is 0.378. The molecule has 26 heavy (non-hydrogen) atoms. The Balaban J connectivity index is 1.97. The topological polar surface area (TPSA) is 109 Å².